The average molecular weight is 308 g/mol. The van der Waals surface area contributed by atoms with Gasteiger partial charge in [0.1, 0.15) is 4.88 Å². The Bertz CT molecular complexity index is 393. The number of nitrogens with one attached hydrogen (secondary N) is 1. The van der Waals surface area contributed by atoms with Crippen LogP contribution < -0.4 is 5.32 Å². The summed E-state index contributed by atoms with van der Waals surface area (Å²) in [6.45, 7) is -0.171. The maximum atomic E-state index is 11.5. The van der Waals surface area contributed by atoms with Crippen LogP contribution in [0.25, 0.3) is 0 Å². The first-order valence-electron chi connectivity index (χ1n) is 4.33. The van der Waals surface area contributed by atoms with E-state index in [0.29, 0.717) is 9.35 Å². The van der Waals surface area contributed by atoms with Crippen molar-refractivity contribution in [3.05, 3.63) is 20.8 Å². The molecular formula is C9H10BrNO4S. The van der Waals surface area contributed by atoms with Crippen LogP contribution in [0.1, 0.15) is 9.67 Å². The van der Waals surface area contributed by atoms with Gasteiger partial charge in [0.2, 0.25) is 0 Å². The van der Waals surface area contributed by atoms with E-state index in [1.807, 2.05) is 0 Å². The highest BCUT2D eigenvalue weighted by atomic mass is 79.9. The molecule has 7 heteroatoms. The normalized spacial score (nSPS) is 11.9. The van der Waals surface area contributed by atoms with Crippen molar-refractivity contribution < 1.29 is 19.4 Å². The van der Waals surface area contributed by atoms with E-state index in [-0.39, 0.29) is 12.5 Å². The van der Waals surface area contributed by atoms with Gasteiger partial charge in [-0.3, -0.25) is 4.79 Å². The molecule has 88 valence electrons. The first kappa shape index (κ1) is 13.1. The number of esters is 1. The minimum Gasteiger partial charge on any atom is -0.467 e. The second kappa shape index (κ2) is 5.97. The minimum absolute atomic E-state index is 0.171. The maximum Gasteiger partial charge on any atom is 0.336 e. The molecule has 0 bridgehead atoms. The molecule has 1 aromatic rings. The van der Waals surface area contributed by atoms with Gasteiger partial charge >= 0.3 is 5.97 Å². The summed E-state index contributed by atoms with van der Waals surface area (Å²) >= 11 is 4.48. The largest absolute Gasteiger partial charge is 0.467 e. The fraction of sp³-hybridized carbons (Fsp3) is 0.333. The molecular weight excluding hydrogens is 298 g/mol. The monoisotopic (exact) mass is 307 g/mol. The fourth-order valence-corrected chi connectivity index (χ4v) is 2.41. The van der Waals surface area contributed by atoms with E-state index in [1.165, 1.54) is 18.4 Å². The Kier molecular flexibility index (Phi) is 4.91. The quantitative estimate of drug-likeness (QED) is 0.806. The minimum atomic E-state index is -1.34. The number of methoxy groups -OCH3 is 1. The van der Waals surface area contributed by atoms with Gasteiger partial charge in [0.25, 0.3) is 5.91 Å². The number of hydrogen-bond donors (Lipinski definition) is 2. The van der Waals surface area contributed by atoms with Crippen LogP contribution in [0.15, 0.2) is 15.9 Å². The summed E-state index contributed by atoms with van der Waals surface area (Å²) < 4.78 is 4.99. The van der Waals surface area contributed by atoms with Crippen LogP contribution in [0, 0.1) is 0 Å². The smallest absolute Gasteiger partial charge is 0.336 e. The summed E-state index contributed by atoms with van der Waals surface area (Å²) in [7, 11) is 1.17. The molecule has 0 fully saturated rings. The zero-order valence-electron chi connectivity index (χ0n) is 8.40. The number of amides is 1. The highest BCUT2D eigenvalue weighted by molar-refractivity contribution is 9.10. The molecule has 2 N–H and O–H groups in total. The first-order chi connectivity index (χ1) is 7.56. The number of thiophene rings is 1. The van der Waals surface area contributed by atoms with E-state index in [4.69, 9.17) is 0 Å². The van der Waals surface area contributed by atoms with Gasteiger partial charge in [-0.2, -0.15) is 0 Å². The van der Waals surface area contributed by atoms with Crippen LogP contribution >= 0.6 is 27.3 Å². The summed E-state index contributed by atoms with van der Waals surface area (Å²) in [6.07, 6.45) is -1.34. The van der Waals surface area contributed by atoms with Gasteiger partial charge in [-0.15, -0.1) is 11.3 Å². The van der Waals surface area contributed by atoms with E-state index >= 15 is 0 Å². The number of halogens is 1. The van der Waals surface area contributed by atoms with Crippen molar-refractivity contribution in [2.75, 3.05) is 13.7 Å². The molecule has 1 amide bonds. The third-order valence-corrected chi connectivity index (χ3v) is 3.59. The molecule has 1 rings (SSSR count). The van der Waals surface area contributed by atoms with Crippen molar-refractivity contribution in [3.8, 4) is 0 Å². The molecule has 1 aromatic heterocycles. The first-order valence-corrected chi connectivity index (χ1v) is 6.00. The topological polar surface area (TPSA) is 75.6 Å². The molecule has 1 unspecified atom stereocenters. The molecule has 0 saturated carbocycles. The number of aliphatic hydroxyl groups is 1. The third-order valence-electron chi connectivity index (χ3n) is 1.75. The number of aliphatic hydroxyl groups excluding tert-OH is 1. The Balaban J connectivity index is 2.48. The molecule has 0 radical (unpaired) electrons. The van der Waals surface area contributed by atoms with Gasteiger partial charge < -0.3 is 15.2 Å². The van der Waals surface area contributed by atoms with Crippen LogP contribution in [0.3, 0.4) is 0 Å². The van der Waals surface area contributed by atoms with E-state index in [2.05, 4.69) is 26.0 Å². The van der Waals surface area contributed by atoms with Gasteiger partial charge in [0.05, 0.1) is 13.7 Å². The summed E-state index contributed by atoms with van der Waals surface area (Å²) in [5.41, 5.74) is 0. The Morgan fingerprint density at radius 3 is 2.88 bits per heavy atom. The lowest BCUT2D eigenvalue weighted by molar-refractivity contribution is -0.149. The second-order valence-electron chi connectivity index (χ2n) is 2.85. The summed E-state index contributed by atoms with van der Waals surface area (Å²) in [5, 5.41) is 13.4. The molecule has 0 aliphatic carbocycles. The van der Waals surface area contributed by atoms with Gasteiger partial charge in [-0.1, -0.05) is 0 Å². The predicted octanol–water partition coefficient (Wildman–Crippen LogP) is 0.774. The number of hydrogen-bond acceptors (Lipinski definition) is 5. The van der Waals surface area contributed by atoms with E-state index in [1.54, 1.807) is 11.4 Å². The molecule has 0 aromatic carbocycles. The van der Waals surface area contributed by atoms with Crippen molar-refractivity contribution in [1.82, 2.24) is 5.32 Å². The van der Waals surface area contributed by atoms with Gasteiger partial charge in [0, 0.05) is 4.47 Å². The van der Waals surface area contributed by atoms with Crippen LogP contribution in [0.2, 0.25) is 0 Å². The second-order valence-corrected chi connectivity index (χ2v) is 4.62. The van der Waals surface area contributed by atoms with Crippen molar-refractivity contribution in [1.29, 1.82) is 0 Å². The SMILES string of the molecule is COC(=O)C(O)CNC(=O)c1sccc1Br. The molecule has 1 heterocycles. The number of carbonyl (C=O) groups excluding carboxylic acids is 2. The predicted molar refractivity (Wildman–Crippen MR) is 62.4 cm³/mol. The Morgan fingerprint density at radius 2 is 2.38 bits per heavy atom. The van der Waals surface area contributed by atoms with Crippen LogP contribution in [-0.4, -0.2) is 36.7 Å². The Morgan fingerprint density at radius 1 is 1.69 bits per heavy atom. The van der Waals surface area contributed by atoms with Gasteiger partial charge in [0.15, 0.2) is 6.10 Å². The number of rotatable bonds is 4. The lowest BCUT2D eigenvalue weighted by Gasteiger charge is -2.09. The molecule has 16 heavy (non-hydrogen) atoms. The van der Waals surface area contributed by atoms with Gasteiger partial charge in [-0.05, 0) is 27.4 Å². The maximum absolute atomic E-state index is 11.5. The number of carbonyl (C=O) groups is 2. The Labute approximate surface area is 105 Å². The van der Waals surface area contributed by atoms with Crippen molar-refractivity contribution in [2.45, 2.75) is 6.10 Å². The highest BCUT2D eigenvalue weighted by Crippen LogP contribution is 2.22. The standard InChI is InChI=1S/C9H10BrNO4S/c1-15-9(14)6(12)4-11-8(13)7-5(10)2-3-16-7/h2-3,6,12H,4H2,1H3,(H,11,13). The zero-order valence-corrected chi connectivity index (χ0v) is 10.8. The molecule has 0 aliphatic rings. The molecule has 1 atom stereocenters. The third kappa shape index (κ3) is 3.29. The van der Waals surface area contributed by atoms with Crippen LogP contribution in [0.5, 0.6) is 0 Å². The molecule has 0 aliphatic heterocycles. The molecule has 5 nitrogen and oxygen atoms in total. The van der Waals surface area contributed by atoms with E-state index < -0.39 is 12.1 Å². The van der Waals surface area contributed by atoms with E-state index in [0.717, 1.165) is 0 Å². The fourth-order valence-electron chi connectivity index (χ4n) is 0.945. The van der Waals surface area contributed by atoms with Gasteiger partial charge in [-0.25, -0.2) is 4.79 Å². The average Bonchev–Trinajstić information content (AvgIpc) is 2.70. The lowest BCUT2D eigenvalue weighted by Crippen LogP contribution is -2.37. The van der Waals surface area contributed by atoms with E-state index in [9.17, 15) is 14.7 Å². The highest BCUT2D eigenvalue weighted by Gasteiger charge is 2.18. The Hall–Kier alpha value is -0.920. The summed E-state index contributed by atoms with van der Waals surface area (Å²) in [6, 6.07) is 1.75. The van der Waals surface area contributed by atoms with Crippen LogP contribution in [0.4, 0.5) is 0 Å². The number of ether oxygens (including phenoxy) is 1. The van der Waals surface area contributed by atoms with Crippen LogP contribution in [-0.2, 0) is 9.53 Å². The summed E-state index contributed by atoms with van der Waals surface area (Å²) in [5.74, 6) is -1.12. The lowest BCUT2D eigenvalue weighted by atomic mass is 10.3. The zero-order chi connectivity index (χ0) is 12.1. The molecule has 0 spiro atoms. The van der Waals surface area contributed by atoms with Crippen molar-refractivity contribution in [2.24, 2.45) is 0 Å². The van der Waals surface area contributed by atoms with Crippen molar-refractivity contribution >= 4 is 39.1 Å². The molecule has 0 saturated heterocycles. The summed E-state index contributed by atoms with van der Waals surface area (Å²) in [4.78, 5) is 22.9. The van der Waals surface area contributed by atoms with Crippen molar-refractivity contribution in [3.63, 3.8) is 0 Å².